The van der Waals surface area contributed by atoms with Crippen LogP contribution in [0.15, 0.2) is 70.4 Å². The lowest BCUT2D eigenvalue weighted by Gasteiger charge is -2.13. The SMILES string of the molecule is COc1cn(Cc2ccccc2OCc2ccccc2)c(=O)[nH]c1=O. The van der Waals surface area contributed by atoms with Crippen molar-refractivity contribution in [1.29, 1.82) is 0 Å². The van der Waals surface area contributed by atoms with Gasteiger partial charge >= 0.3 is 5.69 Å². The van der Waals surface area contributed by atoms with E-state index in [1.807, 2.05) is 54.6 Å². The monoisotopic (exact) mass is 338 g/mol. The minimum absolute atomic E-state index is 0.0854. The Morgan fingerprint density at radius 1 is 0.960 bits per heavy atom. The number of aromatic amines is 1. The maximum absolute atomic E-state index is 12.0. The van der Waals surface area contributed by atoms with Gasteiger partial charge in [-0.15, -0.1) is 0 Å². The number of rotatable bonds is 6. The van der Waals surface area contributed by atoms with E-state index in [9.17, 15) is 9.59 Å². The van der Waals surface area contributed by atoms with E-state index >= 15 is 0 Å². The normalized spacial score (nSPS) is 10.4. The van der Waals surface area contributed by atoms with Gasteiger partial charge in [-0.25, -0.2) is 4.79 Å². The van der Waals surface area contributed by atoms with Gasteiger partial charge in [0, 0.05) is 5.56 Å². The van der Waals surface area contributed by atoms with Crippen molar-refractivity contribution in [2.75, 3.05) is 7.11 Å². The van der Waals surface area contributed by atoms with E-state index in [1.54, 1.807) is 0 Å². The zero-order valence-electron chi connectivity index (χ0n) is 13.8. The van der Waals surface area contributed by atoms with Gasteiger partial charge in [-0.1, -0.05) is 48.5 Å². The molecule has 2 aromatic carbocycles. The van der Waals surface area contributed by atoms with Crippen LogP contribution < -0.4 is 20.7 Å². The van der Waals surface area contributed by atoms with Gasteiger partial charge in [-0.2, -0.15) is 0 Å². The van der Waals surface area contributed by atoms with Crippen LogP contribution in [0.2, 0.25) is 0 Å². The van der Waals surface area contributed by atoms with Crippen molar-refractivity contribution < 1.29 is 9.47 Å². The summed E-state index contributed by atoms with van der Waals surface area (Å²) in [5.41, 5.74) is 0.843. The van der Waals surface area contributed by atoms with Crippen LogP contribution in [-0.2, 0) is 13.2 Å². The lowest BCUT2D eigenvalue weighted by atomic mass is 10.2. The van der Waals surface area contributed by atoms with Gasteiger partial charge in [0.15, 0.2) is 0 Å². The zero-order valence-corrected chi connectivity index (χ0v) is 13.8. The van der Waals surface area contributed by atoms with Gasteiger partial charge < -0.3 is 9.47 Å². The van der Waals surface area contributed by atoms with Gasteiger partial charge in [-0.05, 0) is 11.6 Å². The van der Waals surface area contributed by atoms with Gasteiger partial charge in [0.05, 0.1) is 19.9 Å². The number of nitrogens with zero attached hydrogens (tertiary/aromatic N) is 1. The van der Waals surface area contributed by atoms with E-state index in [-0.39, 0.29) is 12.3 Å². The highest BCUT2D eigenvalue weighted by atomic mass is 16.5. The molecule has 0 amide bonds. The molecule has 1 heterocycles. The molecular formula is C19H18N2O4. The number of benzene rings is 2. The Balaban J connectivity index is 1.84. The molecule has 25 heavy (non-hydrogen) atoms. The molecule has 0 saturated carbocycles. The van der Waals surface area contributed by atoms with Crippen LogP contribution in [0.5, 0.6) is 11.5 Å². The summed E-state index contributed by atoms with van der Waals surface area (Å²) < 4.78 is 12.3. The molecule has 1 N–H and O–H groups in total. The second-order valence-corrected chi connectivity index (χ2v) is 5.47. The van der Waals surface area contributed by atoms with Gasteiger partial charge in [0.2, 0.25) is 5.75 Å². The molecule has 0 radical (unpaired) electrons. The predicted octanol–water partition coefficient (Wildman–Crippen LogP) is 2.17. The fraction of sp³-hybridized carbons (Fsp3) is 0.158. The summed E-state index contributed by atoms with van der Waals surface area (Å²) in [4.78, 5) is 25.8. The summed E-state index contributed by atoms with van der Waals surface area (Å²) in [7, 11) is 1.39. The number of H-pyrrole nitrogens is 1. The number of para-hydroxylation sites is 1. The number of methoxy groups -OCH3 is 1. The van der Waals surface area contributed by atoms with Crippen molar-refractivity contribution >= 4 is 0 Å². The first-order valence-electron chi connectivity index (χ1n) is 7.80. The van der Waals surface area contributed by atoms with Crippen LogP contribution >= 0.6 is 0 Å². The van der Waals surface area contributed by atoms with E-state index in [1.165, 1.54) is 17.9 Å². The predicted molar refractivity (Wildman–Crippen MR) is 94.2 cm³/mol. The lowest BCUT2D eigenvalue weighted by molar-refractivity contribution is 0.302. The molecule has 0 aliphatic carbocycles. The van der Waals surface area contributed by atoms with Crippen molar-refractivity contribution in [2.45, 2.75) is 13.2 Å². The van der Waals surface area contributed by atoms with Crippen LogP contribution in [0.3, 0.4) is 0 Å². The number of hydrogen-bond donors (Lipinski definition) is 1. The summed E-state index contributed by atoms with van der Waals surface area (Å²) in [6, 6.07) is 17.3. The zero-order chi connectivity index (χ0) is 17.6. The maximum atomic E-state index is 12.0. The number of aromatic nitrogens is 2. The fourth-order valence-electron chi connectivity index (χ4n) is 2.45. The molecule has 0 aliphatic rings. The first-order valence-corrected chi connectivity index (χ1v) is 7.80. The van der Waals surface area contributed by atoms with Crippen molar-refractivity contribution in [3.05, 3.63) is 92.8 Å². The number of nitrogens with one attached hydrogen (secondary N) is 1. The largest absolute Gasteiger partial charge is 0.490 e. The van der Waals surface area contributed by atoms with E-state index in [0.717, 1.165) is 11.1 Å². The second-order valence-electron chi connectivity index (χ2n) is 5.47. The Bertz CT molecular complexity index is 961. The molecule has 0 aliphatic heterocycles. The van der Waals surface area contributed by atoms with Gasteiger partial charge in [0.25, 0.3) is 5.56 Å². The minimum atomic E-state index is -0.544. The average Bonchev–Trinajstić information content (AvgIpc) is 2.64. The van der Waals surface area contributed by atoms with Crippen LogP contribution in [0, 0.1) is 0 Å². The molecule has 1 aromatic heterocycles. The Kier molecular flexibility index (Phi) is 4.99. The summed E-state index contributed by atoms with van der Waals surface area (Å²) in [5, 5.41) is 0. The topological polar surface area (TPSA) is 73.3 Å². The molecule has 6 heteroatoms. The van der Waals surface area contributed by atoms with E-state index in [4.69, 9.17) is 9.47 Å². The van der Waals surface area contributed by atoms with E-state index in [2.05, 4.69) is 4.98 Å². The van der Waals surface area contributed by atoms with Crippen molar-refractivity contribution in [3.63, 3.8) is 0 Å². The van der Waals surface area contributed by atoms with Crippen LogP contribution in [0.4, 0.5) is 0 Å². The summed E-state index contributed by atoms with van der Waals surface area (Å²) in [6.07, 6.45) is 1.40. The number of hydrogen-bond acceptors (Lipinski definition) is 4. The second kappa shape index (κ2) is 7.53. The smallest absolute Gasteiger partial charge is 0.328 e. The third-order valence-corrected chi connectivity index (χ3v) is 3.75. The van der Waals surface area contributed by atoms with Crippen LogP contribution in [-0.4, -0.2) is 16.7 Å². The van der Waals surface area contributed by atoms with Crippen LogP contribution in [0.25, 0.3) is 0 Å². The van der Waals surface area contributed by atoms with E-state index < -0.39 is 11.2 Å². The Labute approximate surface area is 144 Å². The van der Waals surface area contributed by atoms with E-state index in [0.29, 0.717) is 12.4 Å². The molecule has 0 fully saturated rings. The van der Waals surface area contributed by atoms with Crippen molar-refractivity contribution in [1.82, 2.24) is 9.55 Å². The summed E-state index contributed by atoms with van der Waals surface area (Å²) >= 11 is 0. The quantitative estimate of drug-likeness (QED) is 0.748. The molecule has 6 nitrogen and oxygen atoms in total. The first-order chi connectivity index (χ1) is 12.2. The fourth-order valence-corrected chi connectivity index (χ4v) is 2.45. The Morgan fingerprint density at radius 2 is 1.68 bits per heavy atom. The molecule has 0 unspecified atom stereocenters. The summed E-state index contributed by atoms with van der Waals surface area (Å²) in [5.74, 6) is 0.769. The van der Waals surface area contributed by atoms with Gasteiger partial charge in [-0.3, -0.25) is 14.3 Å². The third-order valence-electron chi connectivity index (χ3n) is 3.75. The van der Waals surface area contributed by atoms with Crippen molar-refractivity contribution in [2.24, 2.45) is 0 Å². The minimum Gasteiger partial charge on any atom is -0.490 e. The third kappa shape index (κ3) is 3.98. The Morgan fingerprint density at radius 3 is 2.44 bits per heavy atom. The average molecular weight is 338 g/mol. The molecule has 0 saturated heterocycles. The number of ether oxygens (including phenoxy) is 2. The molecule has 3 aromatic rings. The molecule has 0 atom stereocenters. The highest BCUT2D eigenvalue weighted by molar-refractivity contribution is 5.34. The highest BCUT2D eigenvalue weighted by Crippen LogP contribution is 2.20. The molecule has 0 bridgehead atoms. The Hall–Kier alpha value is -3.28. The summed E-state index contributed by atoms with van der Waals surface area (Å²) in [6.45, 7) is 0.693. The molecule has 3 rings (SSSR count). The lowest BCUT2D eigenvalue weighted by Crippen LogP contribution is -2.30. The van der Waals surface area contributed by atoms with Gasteiger partial charge in [0.1, 0.15) is 12.4 Å². The van der Waals surface area contributed by atoms with Crippen LogP contribution in [0.1, 0.15) is 11.1 Å². The standard InChI is InChI=1S/C19H18N2O4/c1-24-17-12-21(19(23)20-18(17)22)11-15-9-5-6-10-16(15)25-13-14-7-3-2-4-8-14/h2-10,12H,11,13H2,1H3,(H,20,22,23). The maximum Gasteiger partial charge on any atom is 0.328 e. The molecular weight excluding hydrogens is 320 g/mol. The molecule has 128 valence electrons. The highest BCUT2D eigenvalue weighted by Gasteiger charge is 2.09. The molecule has 0 spiro atoms. The first kappa shape index (κ1) is 16.6. The van der Waals surface area contributed by atoms with Crippen molar-refractivity contribution in [3.8, 4) is 11.5 Å².